The van der Waals surface area contributed by atoms with E-state index >= 15 is 0 Å². The van der Waals surface area contributed by atoms with Crippen molar-refractivity contribution in [1.82, 2.24) is 4.98 Å². The van der Waals surface area contributed by atoms with Crippen LogP contribution in [0.2, 0.25) is 10.0 Å². The molecule has 0 spiro atoms. The predicted octanol–water partition coefficient (Wildman–Crippen LogP) is 3.91. The van der Waals surface area contributed by atoms with Crippen molar-refractivity contribution in [3.8, 4) is 11.6 Å². The summed E-state index contributed by atoms with van der Waals surface area (Å²) in [7, 11) is -9.72. The van der Waals surface area contributed by atoms with Gasteiger partial charge < -0.3 is 4.74 Å². The van der Waals surface area contributed by atoms with Gasteiger partial charge in [-0.1, -0.05) is 23.2 Å². The monoisotopic (exact) mass is 503 g/mol. The molecule has 2 N–H and O–H groups in total. The van der Waals surface area contributed by atoms with Gasteiger partial charge in [-0.25, -0.2) is 4.98 Å². The number of hydrogen-bond donors (Lipinski definition) is 2. The maximum Gasteiger partial charge on any atom is 0.299 e. The summed E-state index contributed by atoms with van der Waals surface area (Å²) in [6.07, 6.45) is 0.651. The molecule has 0 saturated heterocycles. The zero-order chi connectivity index (χ0) is 23.0. The first-order chi connectivity index (χ1) is 14.4. The minimum Gasteiger partial charge on any atom is -0.438 e. The van der Waals surface area contributed by atoms with Gasteiger partial charge in [-0.05, 0) is 48.5 Å². The molecule has 0 aliphatic heterocycles. The third-order valence-corrected chi connectivity index (χ3v) is 6.10. The van der Waals surface area contributed by atoms with E-state index in [1.165, 1.54) is 42.5 Å². The van der Waals surface area contributed by atoms with Crippen LogP contribution < -0.4 is 4.74 Å². The Bertz CT molecular complexity index is 1390. The number of hydrogen-bond acceptors (Lipinski definition) is 7. The van der Waals surface area contributed by atoms with Crippen molar-refractivity contribution in [2.24, 2.45) is 0 Å². The average molecular weight is 504 g/mol. The summed E-state index contributed by atoms with van der Waals surface area (Å²) in [6, 6.07) is 10.3. The number of pyridine rings is 1. The van der Waals surface area contributed by atoms with Crippen LogP contribution in [0.15, 0.2) is 64.5 Å². The van der Waals surface area contributed by atoms with Crippen LogP contribution in [-0.2, 0) is 20.2 Å². The highest BCUT2D eigenvalue weighted by Crippen LogP contribution is 2.29. The van der Waals surface area contributed by atoms with E-state index in [4.69, 9.17) is 32.5 Å². The van der Waals surface area contributed by atoms with Crippen LogP contribution in [0.3, 0.4) is 0 Å². The Balaban J connectivity index is 1.93. The van der Waals surface area contributed by atoms with Gasteiger partial charge in [-0.2, -0.15) is 16.8 Å². The van der Waals surface area contributed by atoms with E-state index in [0.717, 1.165) is 0 Å². The zero-order valence-corrected chi connectivity index (χ0v) is 18.2. The number of halogens is 2. The van der Waals surface area contributed by atoms with Crippen LogP contribution in [-0.4, -0.2) is 36.7 Å². The van der Waals surface area contributed by atoms with E-state index in [1.807, 2.05) is 0 Å². The van der Waals surface area contributed by atoms with Gasteiger partial charge in [0, 0.05) is 16.1 Å². The minimum atomic E-state index is -4.95. The number of aromatic nitrogens is 1. The molecule has 0 amide bonds. The standard InChI is InChI=1S/C18H11Cl2NO8S2/c19-11-3-6-15(20)14(7-11)17(22)10-1-4-12(5-2-10)29-18-16(31(26,27)28)8-13(9-21-18)30(23,24)25/h1-9H,(H,23,24,25)(H,26,27,28). The van der Waals surface area contributed by atoms with Crippen molar-refractivity contribution < 1.29 is 35.5 Å². The predicted molar refractivity (Wildman–Crippen MR) is 110 cm³/mol. The maximum absolute atomic E-state index is 12.6. The topological polar surface area (TPSA) is 148 Å². The fourth-order valence-electron chi connectivity index (χ4n) is 2.43. The first-order valence-corrected chi connectivity index (χ1v) is 11.7. The Morgan fingerprint density at radius 2 is 1.55 bits per heavy atom. The smallest absolute Gasteiger partial charge is 0.299 e. The first kappa shape index (κ1) is 23.1. The highest BCUT2D eigenvalue weighted by atomic mass is 35.5. The molecular formula is C18H11Cl2NO8S2. The summed E-state index contributed by atoms with van der Waals surface area (Å²) in [4.78, 5) is 14.3. The lowest BCUT2D eigenvalue weighted by Crippen LogP contribution is -2.07. The largest absolute Gasteiger partial charge is 0.438 e. The number of nitrogens with zero attached hydrogens (tertiary/aromatic N) is 1. The zero-order valence-electron chi connectivity index (χ0n) is 15.1. The maximum atomic E-state index is 12.6. The summed E-state index contributed by atoms with van der Waals surface area (Å²) in [5.74, 6) is -1.05. The lowest BCUT2D eigenvalue weighted by molar-refractivity contribution is 0.103. The van der Waals surface area contributed by atoms with E-state index in [0.29, 0.717) is 17.3 Å². The Morgan fingerprint density at radius 1 is 0.903 bits per heavy atom. The molecule has 3 rings (SSSR count). The second-order valence-electron chi connectivity index (χ2n) is 6.00. The Hall–Kier alpha value is -2.54. The van der Waals surface area contributed by atoms with E-state index < -0.39 is 41.7 Å². The number of carbonyl (C=O) groups excluding carboxylic acids is 1. The van der Waals surface area contributed by atoms with Crippen LogP contribution >= 0.6 is 23.2 Å². The Labute approximate surface area is 186 Å². The summed E-state index contributed by atoms with van der Waals surface area (Å²) in [5.41, 5.74) is 0.403. The average Bonchev–Trinajstić information content (AvgIpc) is 2.68. The molecule has 1 aromatic heterocycles. The molecule has 13 heteroatoms. The molecule has 0 radical (unpaired) electrons. The van der Waals surface area contributed by atoms with E-state index in [-0.39, 0.29) is 21.9 Å². The quantitative estimate of drug-likeness (QED) is 0.377. The number of benzene rings is 2. The van der Waals surface area contributed by atoms with Crippen LogP contribution in [0.25, 0.3) is 0 Å². The second kappa shape index (κ2) is 8.54. The number of ketones is 1. The van der Waals surface area contributed by atoms with Crippen LogP contribution in [0, 0.1) is 0 Å². The Kier molecular flexibility index (Phi) is 6.37. The third kappa shape index (κ3) is 5.39. The molecule has 0 saturated carbocycles. The third-order valence-electron chi connectivity index (χ3n) is 3.87. The molecule has 2 aromatic carbocycles. The molecule has 9 nitrogen and oxygen atoms in total. The number of rotatable bonds is 6. The lowest BCUT2D eigenvalue weighted by atomic mass is 10.0. The van der Waals surface area contributed by atoms with Gasteiger partial charge in [0.25, 0.3) is 20.2 Å². The fourth-order valence-corrected chi connectivity index (χ4v) is 3.92. The van der Waals surface area contributed by atoms with Crippen molar-refractivity contribution in [2.45, 2.75) is 9.79 Å². The highest BCUT2D eigenvalue weighted by Gasteiger charge is 2.23. The molecular weight excluding hydrogens is 493 g/mol. The normalized spacial score (nSPS) is 11.9. The van der Waals surface area contributed by atoms with E-state index in [1.54, 1.807) is 0 Å². The van der Waals surface area contributed by atoms with Crippen LogP contribution in [0.1, 0.15) is 15.9 Å². The number of ether oxygens (including phenoxy) is 1. The number of carbonyl (C=O) groups is 1. The van der Waals surface area contributed by atoms with Gasteiger partial charge in [0.15, 0.2) is 10.7 Å². The van der Waals surface area contributed by atoms with E-state index in [9.17, 15) is 26.2 Å². The fraction of sp³-hybridized carbons (Fsp3) is 0. The van der Waals surface area contributed by atoms with Crippen molar-refractivity contribution in [3.63, 3.8) is 0 Å². The van der Waals surface area contributed by atoms with Crippen molar-refractivity contribution in [3.05, 3.63) is 75.9 Å². The molecule has 0 unspecified atom stereocenters. The van der Waals surface area contributed by atoms with Gasteiger partial charge in [-0.15, -0.1) is 0 Å². The molecule has 0 bridgehead atoms. The van der Waals surface area contributed by atoms with Crippen molar-refractivity contribution in [2.75, 3.05) is 0 Å². The molecule has 3 aromatic rings. The minimum absolute atomic E-state index is 0.0192. The molecule has 0 aliphatic rings. The van der Waals surface area contributed by atoms with Gasteiger partial charge in [0.2, 0.25) is 5.88 Å². The van der Waals surface area contributed by atoms with Gasteiger partial charge in [0.1, 0.15) is 10.6 Å². The molecule has 162 valence electrons. The highest BCUT2D eigenvalue weighted by molar-refractivity contribution is 7.86. The SMILES string of the molecule is O=C(c1ccc(Oc2ncc(S(=O)(=O)O)cc2S(=O)(=O)O)cc1)c1cc(Cl)ccc1Cl. The Morgan fingerprint density at radius 3 is 2.13 bits per heavy atom. The molecule has 0 aliphatic carbocycles. The molecule has 1 heterocycles. The molecule has 31 heavy (non-hydrogen) atoms. The summed E-state index contributed by atoms with van der Waals surface area (Å²) < 4.78 is 69.2. The summed E-state index contributed by atoms with van der Waals surface area (Å²) >= 11 is 11.9. The molecule has 0 fully saturated rings. The van der Waals surface area contributed by atoms with Crippen molar-refractivity contribution >= 4 is 49.2 Å². The second-order valence-corrected chi connectivity index (χ2v) is 9.66. The van der Waals surface area contributed by atoms with E-state index in [2.05, 4.69) is 4.98 Å². The van der Waals surface area contributed by atoms with Gasteiger partial charge in [-0.3, -0.25) is 13.9 Å². The van der Waals surface area contributed by atoms with Crippen molar-refractivity contribution in [1.29, 1.82) is 0 Å². The lowest BCUT2D eigenvalue weighted by Gasteiger charge is -2.10. The van der Waals surface area contributed by atoms with Crippen LogP contribution in [0.4, 0.5) is 0 Å². The van der Waals surface area contributed by atoms with Crippen LogP contribution in [0.5, 0.6) is 11.6 Å². The molecule has 0 atom stereocenters. The summed E-state index contributed by atoms with van der Waals surface area (Å²) in [6.45, 7) is 0. The van der Waals surface area contributed by atoms with Gasteiger partial charge >= 0.3 is 0 Å². The summed E-state index contributed by atoms with van der Waals surface area (Å²) in [5, 5.41) is 0.528. The first-order valence-electron chi connectivity index (χ1n) is 8.09. The van der Waals surface area contributed by atoms with Gasteiger partial charge in [0.05, 0.1) is 11.2 Å².